The third kappa shape index (κ3) is 3.38. The van der Waals surface area contributed by atoms with Gasteiger partial charge in [-0.2, -0.15) is 0 Å². The number of carbonyl (C=O) groups excluding carboxylic acids is 1. The van der Waals surface area contributed by atoms with Crippen LogP contribution >= 0.6 is 11.6 Å². The fraction of sp³-hybridized carbons (Fsp3) is 0.235. The van der Waals surface area contributed by atoms with E-state index in [2.05, 4.69) is 15.3 Å². The number of rotatable bonds is 5. The molecule has 0 saturated heterocycles. The Balaban J connectivity index is 1.76. The van der Waals surface area contributed by atoms with Crippen LogP contribution in [0.15, 0.2) is 42.9 Å². The molecule has 1 amide bonds. The third-order valence-corrected chi connectivity index (χ3v) is 4.11. The molecule has 3 rings (SSSR count). The molecule has 0 fully saturated rings. The molecule has 0 bridgehead atoms. The summed E-state index contributed by atoms with van der Waals surface area (Å²) in [5.41, 5.74) is 0.910. The summed E-state index contributed by atoms with van der Waals surface area (Å²) in [7, 11) is 0. The summed E-state index contributed by atoms with van der Waals surface area (Å²) in [5.74, 6) is -0.223. The number of imidazole rings is 1. The van der Waals surface area contributed by atoms with Crippen LogP contribution in [0.5, 0.6) is 0 Å². The zero-order valence-electron chi connectivity index (χ0n) is 13.0. The fourth-order valence-corrected chi connectivity index (χ4v) is 2.74. The van der Waals surface area contributed by atoms with Gasteiger partial charge in [-0.05, 0) is 24.6 Å². The van der Waals surface area contributed by atoms with E-state index >= 15 is 0 Å². The average Bonchev–Trinajstić information content (AvgIpc) is 3.00. The largest absolute Gasteiger partial charge is 0.347 e. The second-order valence-electron chi connectivity index (χ2n) is 5.40. The van der Waals surface area contributed by atoms with E-state index in [1.165, 1.54) is 12.1 Å². The molecule has 3 aromatic rings. The van der Waals surface area contributed by atoms with E-state index in [9.17, 15) is 9.18 Å². The summed E-state index contributed by atoms with van der Waals surface area (Å²) in [5, 5.41) is 3.12. The second-order valence-corrected chi connectivity index (χ2v) is 5.81. The molecule has 124 valence electrons. The summed E-state index contributed by atoms with van der Waals surface area (Å²) in [6.45, 7) is 1.94. The normalized spacial score (nSPS) is 12.3. The van der Waals surface area contributed by atoms with Gasteiger partial charge in [0.1, 0.15) is 5.82 Å². The Morgan fingerprint density at radius 2 is 2.25 bits per heavy atom. The number of fused-ring (bicyclic) bond motifs is 1. The third-order valence-electron chi connectivity index (χ3n) is 3.75. The van der Waals surface area contributed by atoms with Crippen LogP contribution in [0.25, 0.3) is 5.78 Å². The molecular formula is C17H16ClFN4O. The monoisotopic (exact) mass is 346 g/mol. The van der Waals surface area contributed by atoms with Gasteiger partial charge in [0.05, 0.1) is 18.2 Å². The van der Waals surface area contributed by atoms with Crippen LogP contribution in [-0.2, 0) is 11.2 Å². The molecule has 1 atom stereocenters. The maximum Gasteiger partial charge on any atom is 0.233 e. The van der Waals surface area contributed by atoms with Gasteiger partial charge in [0.25, 0.3) is 0 Å². The van der Waals surface area contributed by atoms with Gasteiger partial charge in [-0.25, -0.2) is 14.4 Å². The van der Waals surface area contributed by atoms with Crippen molar-refractivity contribution in [1.82, 2.24) is 19.7 Å². The van der Waals surface area contributed by atoms with E-state index in [1.54, 1.807) is 22.7 Å². The number of amides is 1. The van der Waals surface area contributed by atoms with Crippen molar-refractivity contribution in [2.75, 3.05) is 0 Å². The molecule has 2 heterocycles. The topological polar surface area (TPSA) is 59.3 Å². The van der Waals surface area contributed by atoms with Crippen LogP contribution < -0.4 is 5.32 Å². The molecule has 0 spiro atoms. The first-order valence-corrected chi connectivity index (χ1v) is 7.98. The van der Waals surface area contributed by atoms with E-state index in [4.69, 9.17) is 11.6 Å². The summed E-state index contributed by atoms with van der Waals surface area (Å²) >= 11 is 5.97. The number of hydrogen-bond acceptors (Lipinski definition) is 3. The predicted octanol–water partition coefficient (Wildman–Crippen LogP) is 3.33. The van der Waals surface area contributed by atoms with Crippen LogP contribution in [0.4, 0.5) is 4.39 Å². The van der Waals surface area contributed by atoms with Crippen molar-refractivity contribution in [3.8, 4) is 0 Å². The van der Waals surface area contributed by atoms with Crippen LogP contribution in [0.2, 0.25) is 5.02 Å². The maximum atomic E-state index is 13.8. The smallest absolute Gasteiger partial charge is 0.233 e. The number of benzene rings is 1. The first-order valence-electron chi connectivity index (χ1n) is 7.60. The van der Waals surface area contributed by atoms with Gasteiger partial charge in [-0.1, -0.05) is 24.6 Å². The van der Waals surface area contributed by atoms with Crippen LogP contribution in [0.1, 0.15) is 30.6 Å². The summed E-state index contributed by atoms with van der Waals surface area (Å²) < 4.78 is 15.6. The van der Waals surface area contributed by atoms with Gasteiger partial charge in [-0.3, -0.25) is 9.20 Å². The molecule has 1 unspecified atom stereocenters. The zero-order valence-corrected chi connectivity index (χ0v) is 13.8. The fourth-order valence-electron chi connectivity index (χ4n) is 2.51. The quantitative estimate of drug-likeness (QED) is 0.771. The Bertz CT molecular complexity index is 827. The Morgan fingerprint density at radius 1 is 1.42 bits per heavy atom. The van der Waals surface area contributed by atoms with Crippen LogP contribution in [0, 0.1) is 5.82 Å². The molecule has 0 saturated carbocycles. The Labute approximate surface area is 143 Å². The highest BCUT2D eigenvalue weighted by Gasteiger charge is 2.18. The van der Waals surface area contributed by atoms with E-state index in [0.29, 0.717) is 17.9 Å². The Kier molecular flexibility index (Phi) is 4.76. The second kappa shape index (κ2) is 6.97. The minimum atomic E-state index is -0.484. The number of aromatic nitrogens is 3. The molecule has 5 nitrogen and oxygen atoms in total. The molecular weight excluding hydrogens is 331 g/mol. The van der Waals surface area contributed by atoms with Crippen molar-refractivity contribution in [2.45, 2.75) is 25.8 Å². The lowest BCUT2D eigenvalue weighted by Gasteiger charge is -2.15. The SMILES string of the molecule is CCC(NC(=O)Cc1c(F)cccc1Cl)c1cn2cccnc2n1. The first-order chi connectivity index (χ1) is 11.6. The molecule has 2 aromatic heterocycles. The summed E-state index contributed by atoms with van der Waals surface area (Å²) in [4.78, 5) is 20.9. The number of carbonyl (C=O) groups is 1. The molecule has 0 aliphatic rings. The molecule has 24 heavy (non-hydrogen) atoms. The highest BCUT2D eigenvalue weighted by molar-refractivity contribution is 6.31. The highest BCUT2D eigenvalue weighted by atomic mass is 35.5. The molecule has 0 aliphatic carbocycles. The molecule has 1 aromatic carbocycles. The predicted molar refractivity (Wildman–Crippen MR) is 89.3 cm³/mol. The van der Waals surface area contributed by atoms with Gasteiger partial charge >= 0.3 is 0 Å². The van der Waals surface area contributed by atoms with E-state index in [1.807, 2.05) is 19.3 Å². The van der Waals surface area contributed by atoms with E-state index in [-0.39, 0.29) is 29.0 Å². The van der Waals surface area contributed by atoms with Gasteiger partial charge < -0.3 is 5.32 Å². The van der Waals surface area contributed by atoms with Gasteiger partial charge in [-0.15, -0.1) is 0 Å². The van der Waals surface area contributed by atoms with Crippen LogP contribution in [-0.4, -0.2) is 20.3 Å². The Morgan fingerprint density at radius 3 is 2.96 bits per heavy atom. The maximum absolute atomic E-state index is 13.8. The number of nitrogens with one attached hydrogen (secondary N) is 1. The Hall–Kier alpha value is -2.47. The van der Waals surface area contributed by atoms with Crippen molar-refractivity contribution in [3.63, 3.8) is 0 Å². The molecule has 1 N–H and O–H groups in total. The minimum absolute atomic E-state index is 0.117. The van der Waals surface area contributed by atoms with Crippen molar-refractivity contribution in [2.24, 2.45) is 0 Å². The number of halogens is 2. The number of nitrogens with zero attached hydrogens (tertiary/aromatic N) is 3. The highest BCUT2D eigenvalue weighted by Crippen LogP contribution is 2.21. The lowest BCUT2D eigenvalue weighted by Crippen LogP contribution is -2.30. The van der Waals surface area contributed by atoms with Gasteiger partial charge in [0.2, 0.25) is 11.7 Å². The van der Waals surface area contributed by atoms with Crippen molar-refractivity contribution in [3.05, 3.63) is 65.0 Å². The summed E-state index contributed by atoms with van der Waals surface area (Å²) in [6, 6.07) is 5.90. The number of hydrogen-bond donors (Lipinski definition) is 1. The van der Waals surface area contributed by atoms with Crippen LogP contribution in [0.3, 0.4) is 0 Å². The lowest BCUT2D eigenvalue weighted by atomic mass is 10.1. The van der Waals surface area contributed by atoms with E-state index in [0.717, 1.165) is 0 Å². The van der Waals surface area contributed by atoms with Crippen molar-refractivity contribution in [1.29, 1.82) is 0 Å². The van der Waals surface area contributed by atoms with E-state index < -0.39 is 5.82 Å². The zero-order chi connectivity index (χ0) is 17.1. The van der Waals surface area contributed by atoms with Gasteiger partial charge in [0, 0.05) is 29.2 Å². The van der Waals surface area contributed by atoms with Crippen molar-refractivity contribution < 1.29 is 9.18 Å². The first kappa shape index (κ1) is 16.4. The molecule has 7 heteroatoms. The standard InChI is InChI=1S/C17H16ClFN4O/c1-2-14(15-10-23-8-4-7-20-17(23)22-15)21-16(24)9-11-12(18)5-3-6-13(11)19/h3-8,10,14H,2,9H2,1H3,(H,21,24). The lowest BCUT2D eigenvalue weighted by molar-refractivity contribution is -0.121. The minimum Gasteiger partial charge on any atom is -0.347 e. The van der Waals surface area contributed by atoms with Gasteiger partial charge in [0.15, 0.2) is 0 Å². The molecule has 0 radical (unpaired) electrons. The summed E-state index contributed by atoms with van der Waals surface area (Å²) in [6.07, 6.45) is 5.86. The average molecular weight is 347 g/mol. The molecule has 0 aliphatic heterocycles. The van der Waals surface area contributed by atoms with Crippen molar-refractivity contribution >= 4 is 23.3 Å².